The van der Waals surface area contributed by atoms with E-state index in [1.165, 1.54) is 32.2 Å². The molecule has 1 aliphatic carbocycles. The molecule has 0 bridgehead atoms. The highest BCUT2D eigenvalue weighted by molar-refractivity contribution is 6.42. The Hall–Kier alpha value is -3.16. The van der Waals surface area contributed by atoms with Crippen LogP contribution in [0.5, 0.6) is 5.75 Å². The molecule has 2 aliphatic rings. The molecule has 9 heteroatoms. The lowest BCUT2D eigenvalue weighted by Gasteiger charge is -2.35. The van der Waals surface area contributed by atoms with Crippen molar-refractivity contribution in [1.29, 1.82) is 0 Å². The number of fused-ring (bicyclic) bond motifs is 1. The van der Waals surface area contributed by atoms with Crippen LogP contribution in [0.4, 0.5) is 0 Å². The van der Waals surface area contributed by atoms with Gasteiger partial charge in [-0.3, -0.25) is 19.2 Å². The first-order chi connectivity index (χ1) is 16.6. The standard InChI is InChI=1S/C26H24Cl2N2O5/c1-14-5-4-6-19-22(14)26(34)30(25(19)33)29(24(32)17-9-12-20(27)21(28)13-17)15(2)23(31)16-7-10-18(35-3)11-8-16/h4-5,7-15,19,22H,6H2,1-3H3/t14-,15+,19-,22-/m1/s1. The smallest absolute Gasteiger partial charge is 0.273 e. The lowest BCUT2D eigenvalue weighted by Crippen LogP contribution is -2.56. The molecular formula is C26H24Cl2N2O5. The van der Waals surface area contributed by atoms with Crippen molar-refractivity contribution in [3.05, 3.63) is 75.8 Å². The molecule has 0 saturated carbocycles. The molecule has 3 amide bonds. The molecule has 4 atom stereocenters. The molecule has 0 aromatic heterocycles. The lowest BCUT2D eigenvalue weighted by molar-refractivity contribution is -0.156. The largest absolute Gasteiger partial charge is 0.497 e. The first-order valence-electron chi connectivity index (χ1n) is 11.2. The highest BCUT2D eigenvalue weighted by atomic mass is 35.5. The third-order valence-electron chi connectivity index (χ3n) is 6.56. The van der Waals surface area contributed by atoms with Crippen LogP contribution in [0.1, 0.15) is 41.0 Å². The second kappa shape index (κ2) is 9.84. The van der Waals surface area contributed by atoms with Crippen molar-refractivity contribution in [2.24, 2.45) is 17.8 Å². The number of ether oxygens (including phenoxy) is 1. The van der Waals surface area contributed by atoms with Crippen molar-refractivity contribution >= 4 is 46.7 Å². The molecule has 7 nitrogen and oxygen atoms in total. The number of hydrazine groups is 1. The van der Waals surface area contributed by atoms with Gasteiger partial charge in [0.15, 0.2) is 5.78 Å². The number of carbonyl (C=O) groups excluding carboxylic acids is 4. The number of Topliss-reactive ketones (excluding diaryl/α,β-unsaturated/α-hetero) is 1. The number of benzene rings is 2. The highest BCUT2D eigenvalue weighted by Gasteiger charge is 2.54. The number of amides is 3. The molecule has 2 aromatic rings. The molecule has 0 N–H and O–H groups in total. The number of methoxy groups -OCH3 is 1. The Morgan fingerprint density at radius 3 is 2.29 bits per heavy atom. The van der Waals surface area contributed by atoms with Crippen molar-refractivity contribution in [1.82, 2.24) is 10.0 Å². The number of ketones is 1. The van der Waals surface area contributed by atoms with E-state index in [9.17, 15) is 19.2 Å². The fourth-order valence-corrected chi connectivity index (χ4v) is 4.95. The Morgan fingerprint density at radius 2 is 1.69 bits per heavy atom. The normalized spacial score (nSPS) is 22.1. The Kier molecular flexibility index (Phi) is 7.01. The van der Waals surface area contributed by atoms with Crippen molar-refractivity contribution in [2.45, 2.75) is 26.3 Å². The average molecular weight is 515 g/mol. The Labute approximate surface area is 213 Å². The average Bonchev–Trinajstić information content (AvgIpc) is 3.11. The molecular weight excluding hydrogens is 491 g/mol. The van der Waals surface area contributed by atoms with Gasteiger partial charge in [-0.15, -0.1) is 0 Å². The Morgan fingerprint density at radius 1 is 1.03 bits per heavy atom. The summed E-state index contributed by atoms with van der Waals surface area (Å²) in [7, 11) is 1.51. The summed E-state index contributed by atoms with van der Waals surface area (Å²) in [5.41, 5.74) is 0.396. The molecule has 1 heterocycles. The fraction of sp³-hybridized carbons (Fsp3) is 0.308. The van der Waals surface area contributed by atoms with Gasteiger partial charge in [0.05, 0.1) is 29.0 Å². The van der Waals surface area contributed by atoms with Gasteiger partial charge >= 0.3 is 0 Å². The first kappa shape index (κ1) is 24.9. The topological polar surface area (TPSA) is 84.0 Å². The summed E-state index contributed by atoms with van der Waals surface area (Å²) in [5.74, 6) is -2.95. The molecule has 1 aliphatic heterocycles. The van der Waals surface area contributed by atoms with Crippen LogP contribution in [0.2, 0.25) is 10.0 Å². The summed E-state index contributed by atoms with van der Waals surface area (Å²) in [6, 6.07) is 9.46. The van der Waals surface area contributed by atoms with Crippen LogP contribution in [0.25, 0.3) is 0 Å². The molecule has 0 radical (unpaired) electrons. The number of carbonyl (C=O) groups is 4. The van der Waals surface area contributed by atoms with E-state index in [-0.39, 0.29) is 21.5 Å². The second-order valence-electron chi connectivity index (χ2n) is 8.69. The van der Waals surface area contributed by atoms with Gasteiger partial charge in [0.25, 0.3) is 17.7 Å². The first-order valence-corrected chi connectivity index (χ1v) is 11.9. The van der Waals surface area contributed by atoms with Crippen LogP contribution in [-0.4, -0.2) is 46.7 Å². The Bertz CT molecular complexity index is 1230. The van der Waals surface area contributed by atoms with Crippen LogP contribution in [0.15, 0.2) is 54.6 Å². The van der Waals surface area contributed by atoms with E-state index in [1.54, 1.807) is 24.3 Å². The summed E-state index contributed by atoms with van der Waals surface area (Å²) >= 11 is 12.1. The summed E-state index contributed by atoms with van der Waals surface area (Å²) in [4.78, 5) is 54.1. The molecule has 1 fully saturated rings. The third kappa shape index (κ3) is 4.46. The molecule has 0 spiro atoms. The van der Waals surface area contributed by atoms with Crippen LogP contribution in [0, 0.1) is 17.8 Å². The molecule has 182 valence electrons. The van der Waals surface area contributed by atoms with E-state index in [0.29, 0.717) is 17.7 Å². The van der Waals surface area contributed by atoms with Crippen molar-refractivity contribution in [3.8, 4) is 5.75 Å². The maximum absolute atomic E-state index is 13.7. The minimum Gasteiger partial charge on any atom is -0.497 e. The zero-order valence-corrected chi connectivity index (χ0v) is 20.9. The number of halogens is 2. The van der Waals surface area contributed by atoms with E-state index < -0.39 is 41.4 Å². The number of nitrogens with zero attached hydrogens (tertiary/aromatic N) is 2. The van der Waals surface area contributed by atoms with Crippen molar-refractivity contribution < 1.29 is 23.9 Å². The molecule has 1 saturated heterocycles. The highest BCUT2D eigenvalue weighted by Crippen LogP contribution is 2.40. The van der Waals surface area contributed by atoms with Gasteiger partial charge in [-0.1, -0.05) is 42.3 Å². The van der Waals surface area contributed by atoms with Crippen molar-refractivity contribution in [3.63, 3.8) is 0 Å². The number of hydrogen-bond donors (Lipinski definition) is 0. The zero-order valence-electron chi connectivity index (χ0n) is 19.4. The van der Waals surface area contributed by atoms with E-state index in [4.69, 9.17) is 27.9 Å². The van der Waals surface area contributed by atoms with E-state index in [0.717, 1.165) is 10.0 Å². The number of imide groups is 1. The van der Waals surface area contributed by atoms with Gasteiger partial charge in [-0.05, 0) is 61.7 Å². The number of allylic oxidation sites excluding steroid dienone is 2. The zero-order chi connectivity index (χ0) is 25.4. The monoisotopic (exact) mass is 514 g/mol. The minimum atomic E-state index is -1.17. The molecule has 35 heavy (non-hydrogen) atoms. The molecule has 2 aromatic carbocycles. The predicted octanol–water partition coefficient (Wildman–Crippen LogP) is 4.83. The van der Waals surface area contributed by atoms with Gasteiger partial charge < -0.3 is 4.74 Å². The van der Waals surface area contributed by atoms with Crippen LogP contribution in [0.3, 0.4) is 0 Å². The van der Waals surface area contributed by atoms with Crippen molar-refractivity contribution in [2.75, 3.05) is 7.11 Å². The summed E-state index contributed by atoms with van der Waals surface area (Å²) in [6.45, 7) is 3.35. The van der Waals surface area contributed by atoms with E-state index >= 15 is 0 Å². The summed E-state index contributed by atoms with van der Waals surface area (Å²) in [5, 5.41) is 2.20. The minimum absolute atomic E-state index is 0.0930. The maximum atomic E-state index is 13.7. The van der Waals surface area contributed by atoms with Gasteiger partial charge in [0.2, 0.25) is 0 Å². The van der Waals surface area contributed by atoms with Gasteiger partial charge in [0, 0.05) is 11.1 Å². The second-order valence-corrected chi connectivity index (χ2v) is 9.51. The quantitative estimate of drug-likeness (QED) is 0.313. The third-order valence-corrected chi connectivity index (χ3v) is 7.30. The van der Waals surface area contributed by atoms with Crippen LogP contribution in [-0.2, 0) is 9.59 Å². The van der Waals surface area contributed by atoms with Gasteiger partial charge in [0.1, 0.15) is 11.8 Å². The summed E-state index contributed by atoms with van der Waals surface area (Å²) < 4.78 is 5.14. The number of hydrogen-bond acceptors (Lipinski definition) is 5. The lowest BCUT2D eigenvalue weighted by atomic mass is 9.78. The SMILES string of the molecule is COc1ccc(C(=O)[C@H](C)N(C(=O)c2ccc(Cl)c(Cl)c2)N2C(=O)[C@@H]3[C@H](C)C=CC[C@H]3C2=O)cc1. The maximum Gasteiger partial charge on any atom is 0.273 e. The molecule has 4 rings (SSSR count). The van der Waals surface area contributed by atoms with Gasteiger partial charge in [-0.2, -0.15) is 5.01 Å². The molecule has 0 unspecified atom stereocenters. The van der Waals surface area contributed by atoms with Crippen LogP contribution >= 0.6 is 23.2 Å². The van der Waals surface area contributed by atoms with Gasteiger partial charge in [-0.25, -0.2) is 5.01 Å². The fourth-order valence-electron chi connectivity index (χ4n) is 4.65. The number of rotatable bonds is 6. The van der Waals surface area contributed by atoms with Crippen LogP contribution < -0.4 is 4.74 Å². The summed E-state index contributed by atoms with van der Waals surface area (Å²) in [6.07, 6.45) is 4.16. The van der Waals surface area contributed by atoms with E-state index in [2.05, 4.69) is 0 Å². The van der Waals surface area contributed by atoms with E-state index in [1.807, 2.05) is 19.1 Å². The Balaban J connectivity index is 1.76. The predicted molar refractivity (Wildman–Crippen MR) is 131 cm³/mol.